The third-order valence-electron chi connectivity index (χ3n) is 5.03. The van der Waals surface area contributed by atoms with Gasteiger partial charge in [0.05, 0.1) is 11.7 Å². The maximum Gasteiger partial charge on any atom is 0.271 e. The molecule has 1 fully saturated rings. The van der Waals surface area contributed by atoms with Gasteiger partial charge in [-0.2, -0.15) is 10.2 Å². The van der Waals surface area contributed by atoms with Gasteiger partial charge in [-0.3, -0.25) is 14.2 Å². The molecule has 0 bridgehead atoms. The molecular weight excluding hydrogens is 352 g/mol. The lowest BCUT2D eigenvalue weighted by atomic mass is 10.1. The summed E-state index contributed by atoms with van der Waals surface area (Å²) < 4.78 is 3.81. The van der Waals surface area contributed by atoms with Gasteiger partial charge in [0.25, 0.3) is 5.91 Å². The van der Waals surface area contributed by atoms with Crippen molar-refractivity contribution in [2.45, 2.75) is 52.1 Å². The van der Waals surface area contributed by atoms with Crippen LogP contribution < -0.4 is 10.6 Å². The Balaban J connectivity index is 0.00000243. The van der Waals surface area contributed by atoms with E-state index in [-0.39, 0.29) is 24.4 Å². The third kappa shape index (κ3) is 4.45. The Labute approximate surface area is 160 Å². The smallest absolute Gasteiger partial charge is 0.271 e. The predicted molar refractivity (Wildman–Crippen MR) is 104 cm³/mol. The number of aryl methyl sites for hydroxylation is 2. The third-order valence-corrected chi connectivity index (χ3v) is 5.03. The zero-order valence-corrected chi connectivity index (χ0v) is 16.8. The number of nitrogens with zero attached hydrogens (tertiary/aromatic N) is 4. The summed E-state index contributed by atoms with van der Waals surface area (Å²) in [6.45, 7) is 8.07. The number of aromatic nitrogens is 4. The lowest BCUT2D eigenvalue weighted by molar-refractivity contribution is 0.0933. The fourth-order valence-electron chi connectivity index (χ4n) is 3.49. The van der Waals surface area contributed by atoms with Crippen molar-refractivity contribution < 1.29 is 4.79 Å². The maximum absolute atomic E-state index is 12.5. The van der Waals surface area contributed by atoms with E-state index in [2.05, 4.69) is 27.8 Å². The van der Waals surface area contributed by atoms with Gasteiger partial charge in [-0.05, 0) is 58.2 Å². The van der Waals surface area contributed by atoms with E-state index in [0.717, 1.165) is 43.7 Å². The summed E-state index contributed by atoms with van der Waals surface area (Å²) in [7, 11) is 1.95. The van der Waals surface area contributed by atoms with Gasteiger partial charge in [-0.1, -0.05) is 0 Å². The van der Waals surface area contributed by atoms with Gasteiger partial charge < -0.3 is 10.6 Å². The maximum atomic E-state index is 12.5. The molecule has 0 aliphatic carbocycles. The summed E-state index contributed by atoms with van der Waals surface area (Å²) in [5.74, 6) is -0.116. The van der Waals surface area contributed by atoms with Crippen molar-refractivity contribution in [3.8, 4) is 0 Å². The Morgan fingerprint density at radius 3 is 2.81 bits per heavy atom. The van der Waals surface area contributed by atoms with E-state index < -0.39 is 0 Å². The molecule has 8 heteroatoms. The van der Waals surface area contributed by atoms with Gasteiger partial charge in [-0.25, -0.2) is 0 Å². The van der Waals surface area contributed by atoms with Crippen molar-refractivity contribution in [3.05, 3.63) is 34.9 Å². The van der Waals surface area contributed by atoms with Crippen LogP contribution in [0.2, 0.25) is 0 Å². The quantitative estimate of drug-likeness (QED) is 0.831. The first-order chi connectivity index (χ1) is 12.0. The molecule has 7 nitrogen and oxygen atoms in total. The first kappa shape index (κ1) is 20.5. The number of hydrogen-bond acceptors (Lipinski definition) is 4. The Bertz CT molecular complexity index is 747. The molecule has 0 radical (unpaired) electrons. The standard InChI is InChI=1S/C18H28N6O.ClH/c1-12(10-16-13(2)21-23(4)14(16)3)20-18(25)17-7-9-24(22-17)15-6-5-8-19-11-15;/h7,9,12,15,19H,5-6,8,10-11H2,1-4H3,(H,20,25);1H. The Morgan fingerprint density at radius 2 is 2.19 bits per heavy atom. The molecule has 2 aromatic rings. The zero-order chi connectivity index (χ0) is 18.0. The molecule has 0 saturated carbocycles. The topological polar surface area (TPSA) is 76.8 Å². The minimum atomic E-state index is -0.116. The SMILES string of the molecule is Cc1nn(C)c(C)c1CC(C)NC(=O)c1ccn(C2CCCNC2)n1.Cl. The van der Waals surface area contributed by atoms with Gasteiger partial charge in [0.2, 0.25) is 0 Å². The number of nitrogens with one attached hydrogen (secondary N) is 2. The normalized spacial score (nSPS) is 18.2. The van der Waals surface area contributed by atoms with E-state index >= 15 is 0 Å². The number of piperidine rings is 1. The molecule has 3 rings (SSSR count). The zero-order valence-electron chi connectivity index (χ0n) is 16.0. The highest BCUT2D eigenvalue weighted by atomic mass is 35.5. The minimum absolute atomic E-state index is 0. The lowest BCUT2D eigenvalue weighted by Crippen LogP contribution is -2.35. The molecule has 2 aromatic heterocycles. The van der Waals surface area contributed by atoms with Crippen LogP contribution in [0, 0.1) is 13.8 Å². The molecule has 0 spiro atoms. The predicted octanol–water partition coefficient (Wildman–Crippen LogP) is 1.94. The van der Waals surface area contributed by atoms with Crippen LogP contribution in [-0.2, 0) is 13.5 Å². The number of carbonyl (C=O) groups is 1. The van der Waals surface area contributed by atoms with Crippen LogP contribution >= 0.6 is 12.4 Å². The van der Waals surface area contributed by atoms with Crippen molar-refractivity contribution in [3.63, 3.8) is 0 Å². The monoisotopic (exact) mass is 380 g/mol. The van der Waals surface area contributed by atoms with Crippen LogP contribution in [0.1, 0.15) is 53.2 Å². The number of carbonyl (C=O) groups excluding carboxylic acids is 1. The Morgan fingerprint density at radius 1 is 1.42 bits per heavy atom. The number of halogens is 1. The summed E-state index contributed by atoms with van der Waals surface area (Å²) in [6.07, 6.45) is 4.93. The molecule has 2 atom stereocenters. The van der Waals surface area contributed by atoms with Crippen molar-refractivity contribution in [2.24, 2.45) is 7.05 Å². The second-order valence-corrected chi connectivity index (χ2v) is 7.03. The highest BCUT2D eigenvalue weighted by molar-refractivity contribution is 5.92. The molecule has 3 heterocycles. The molecule has 1 saturated heterocycles. The summed E-state index contributed by atoms with van der Waals surface area (Å²) in [5.41, 5.74) is 3.86. The average molecular weight is 381 g/mol. The van der Waals surface area contributed by atoms with Crippen molar-refractivity contribution >= 4 is 18.3 Å². The van der Waals surface area contributed by atoms with E-state index in [1.807, 2.05) is 36.5 Å². The van der Waals surface area contributed by atoms with E-state index in [9.17, 15) is 4.79 Å². The second-order valence-electron chi connectivity index (χ2n) is 7.03. The van der Waals surface area contributed by atoms with Crippen LogP contribution in [0.4, 0.5) is 0 Å². The van der Waals surface area contributed by atoms with E-state index in [1.54, 1.807) is 6.07 Å². The summed E-state index contributed by atoms with van der Waals surface area (Å²) in [5, 5.41) is 15.4. The van der Waals surface area contributed by atoms with E-state index in [0.29, 0.717) is 11.7 Å². The highest BCUT2D eigenvalue weighted by Crippen LogP contribution is 2.16. The molecular formula is C18H29ClN6O. The van der Waals surface area contributed by atoms with Crippen molar-refractivity contribution in [2.75, 3.05) is 13.1 Å². The fourth-order valence-corrected chi connectivity index (χ4v) is 3.49. The minimum Gasteiger partial charge on any atom is -0.348 e. The summed E-state index contributed by atoms with van der Waals surface area (Å²) in [6, 6.07) is 2.17. The van der Waals surface area contributed by atoms with Gasteiger partial charge in [0, 0.05) is 31.5 Å². The molecule has 2 unspecified atom stereocenters. The molecule has 26 heavy (non-hydrogen) atoms. The molecule has 1 aliphatic rings. The van der Waals surface area contributed by atoms with Crippen LogP contribution in [0.5, 0.6) is 0 Å². The summed E-state index contributed by atoms with van der Waals surface area (Å²) in [4.78, 5) is 12.5. The largest absolute Gasteiger partial charge is 0.348 e. The molecule has 0 aromatic carbocycles. The molecule has 144 valence electrons. The van der Waals surface area contributed by atoms with Crippen molar-refractivity contribution in [1.29, 1.82) is 0 Å². The Kier molecular flexibility index (Phi) is 6.83. The first-order valence-electron chi connectivity index (χ1n) is 9.01. The van der Waals surface area contributed by atoms with Crippen LogP contribution in [0.3, 0.4) is 0 Å². The van der Waals surface area contributed by atoms with E-state index in [1.165, 1.54) is 5.56 Å². The van der Waals surface area contributed by atoms with Crippen molar-refractivity contribution in [1.82, 2.24) is 30.2 Å². The van der Waals surface area contributed by atoms with Crippen LogP contribution in [-0.4, -0.2) is 44.6 Å². The number of rotatable bonds is 5. The summed E-state index contributed by atoms with van der Waals surface area (Å²) >= 11 is 0. The number of hydrogen-bond donors (Lipinski definition) is 2. The average Bonchev–Trinajstić information content (AvgIpc) is 3.17. The van der Waals surface area contributed by atoms with Gasteiger partial charge in [0.15, 0.2) is 0 Å². The number of amides is 1. The highest BCUT2D eigenvalue weighted by Gasteiger charge is 2.19. The van der Waals surface area contributed by atoms with Gasteiger partial charge >= 0.3 is 0 Å². The van der Waals surface area contributed by atoms with Crippen LogP contribution in [0.15, 0.2) is 12.3 Å². The molecule has 2 N–H and O–H groups in total. The molecule has 1 aliphatic heterocycles. The Hall–Kier alpha value is -1.86. The van der Waals surface area contributed by atoms with Gasteiger partial charge in [-0.15, -0.1) is 12.4 Å². The van der Waals surface area contributed by atoms with E-state index in [4.69, 9.17) is 0 Å². The van der Waals surface area contributed by atoms with Gasteiger partial charge in [0.1, 0.15) is 5.69 Å². The van der Waals surface area contributed by atoms with Crippen LogP contribution in [0.25, 0.3) is 0 Å². The lowest BCUT2D eigenvalue weighted by Gasteiger charge is -2.22. The molecule has 1 amide bonds. The fraction of sp³-hybridized carbons (Fsp3) is 0.611. The first-order valence-corrected chi connectivity index (χ1v) is 9.01. The second kappa shape index (κ2) is 8.68.